The van der Waals surface area contributed by atoms with E-state index in [9.17, 15) is 0 Å². The minimum atomic E-state index is 0.593. The average Bonchev–Trinajstić information content (AvgIpc) is 2.07. The Hall–Kier alpha value is -1.31. The summed E-state index contributed by atoms with van der Waals surface area (Å²) in [5, 5.41) is 0. The van der Waals surface area contributed by atoms with Gasteiger partial charge in [0, 0.05) is 6.21 Å². The summed E-state index contributed by atoms with van der Waals surface area (Å²) in [6.07, 6.45) is 1.79. The number of nitrogens with zero attached hydrogens (tertiary/aromatic N) is 1. The number of rotatable bonds is 0. The van der Waals surface area contributed by atoms with Gasteiger partial charge in [-0.1, -0.05) is 0 Å². The summed E-state index contributed by atoms with van der Waals surface area (Å²) >= 11 is 0. The Kier molecular flexibility index (Phi) is 1.61. The van der Waals surface area contributed by atoms with Gasteiger partial charge in [0.2, 0.25) is 0 Å². The molecule has 0 aliphatic carbocycles. The first-order chi connectivity index (χ1) is 5.77. The van der Waals surface area contributed by atoms with E-state index >= 15 is 0 Å². The van der Waals surface area contributed by atoms with Crippen molar-refractivity contribution >= 4 is 11.9 Å². The highest BCUT2D eigenvalue weighted by Crippen LogP contribution is 2.31. The summed E-state index contributed by atoms with van der Waals surface area (Å²) in [7, 11) is 0. The molecule has 2 rings (SSSR count). The molecule has 0 N–H and O–H groups in total. The molecule has 0 aromatic heterocycles. The third-order valence-electron chi connectivity index (χ3n) is 2.12. The molecule has 2 heteroatoms. The van der Waals surface area contributed by atoms with E-state index in [0.29, 0.717) is 6.61 Å². The molecule has 0 saturated carbocycles. The van der Waals surface area contributed by atoms with Crippen molar-refractivity contribution in [3.63, 3.8) is 0 Å². The Balaban J connectivity index is 2.58. The number of hydrogen-bond acceptors (Lipinski definition) is 2. The van der Waals surface area contributed by atoms with Gasteiger partial charge in [0.25, 0.3) is 0 Å². The lowest BCUT2D eigenvalue weighted by atomic mass is 10.1. The van der Waals surface area contributed by atoms with Crippen molar-refractivity contribution in [1.29, 1.82) is 0 Å². The van der Waals surface area contributed by atoms with Gasteiger partial charge in [-0.15, -0.1) is 0 Å². The molecule has 1 aromatic carbocycles. The van der Waals surface area contributed by atoms with Gasteiger partial charge in [-0.3, -0.25) is 4.99 Å². The number of hydrogen-bond donors (Lipinski definition) is 0. The van der Waals surface area contributed by atoms with Gasteiger partial charge in [0.1, 0.15) is 18.0 Å². The topological polar surface area (TPSA) is 21.6 Å². The zero-order chi connectivity index (χ0) is 8.55. The van der Waals surface area contributed by atoms with Crippen molar-refractivity contribution in [1.82, 2.24) is 0 Å². The maximum Gasteiger partial charge on any atom is 0.145 e. The second kappa shape index (κ2) is 2.63. The van der Waals surface area contributed by atoms with Gasteiger partial charge in [-0.05, 0) is 37.1 Å². The predicted octanol–water partition coefficient (Wildman–Crippen LogP) is 2.40. The first-order valence-electron chi connectivity index (χ1n) is 4.04. The molecular formula is C10H11NO. The molecule has 1 aliphatic rings. The fraction of sp³-hybridized carbons (Fsp3) is 0.300. The highest BCUT2D eigenvalue weighted by atomic mass is 16.5. The molecule has 62 valence electrons. The average molecular weight is 161 g/mol. The summed E-state index contributed by atoms with van der Waals surface area (Å²) < 4.78 is 5.41. The molecule has 1 aromatic rings. The third kappa shape index (κ3) is 1.09. The van der Waals surface area contributed by atoms with Crippen LogP contribution in [0.15, 0.2) is 17.1 Å². The van der Waals surface area contributed by atoms with Crippen LogP contribution in [0.25, 0.3) is 0 Å². The van der Waals surface area contributed by atoms with Crippen LogP contribution >= 0.6 is 0 Å². The third-order valence-corrected chi connectivity index (χ3v) is 2.12. The predicted molar refractivity (Wildman–Crippen MR) is 49.6 cm³/mol. The van der Waals surface area contributed by atoms with E-state index in [0.717, 1.165) is 11.4 Å². The van der Waals surface area contributed by atoms with E-state index in [4.69, 9.17) is 4.74 Å². The van der Waals surface area contributed by atoms with Crippen LogP contribution in [0.2, 0.25) is 0 Å². The lowest BCUT2D eigenvalue weighted by molar-refractivity contribution is 0.376. The minimum Gasteiger partial charge on any atom is -0.486 e. The van der Waals surface area contributed by atoms with Crippen LogP contribution in [0, 0.1) is 13.8 Å². The van der Waals surface area contributed by atoms with Crippen molar-refractivity contribution in [3.05, 3.63) is 23.3 Å². The number of fused-ring (bicyclic) bond motifs is 1. The van der Waals surface area contributed by atoms with E-state index in [-0.39, 0.29) is 0 Å². The zero-order valence-corrected chi connectivity index (χ0v) is 7.29. The lowest BCUT2D eigenvalue weighted by Gasteiger charge is -2.13. The largest absolute Gasteiger partial charge is 0.486 e. The Bertz CT molecular complexity index is 342. The fourth-order valence-corrected chi connectivity index (χ4v) is 1.25. The van der Waals surface area contributed by atoms with Crippen molar-refractivity contribution in [2.45, 2.75) is 13.8 Å². The lowest BCUT2D eigenvalue weighted by Crippen LogP contribution is -2.03. The zero-order valence-electron chi connectivity index (χ0n) is 7.29. The van der Waals surface area contributed by atoms with Crippen LogP contribution in [-0.4, -0.2) is 12.8 Å². The van der Waals surface area contributed by atoms with E-state index < -0.39 is 0 Å². The number of aryl methyl sites for hydroxylation is 2. The maximum atomic E-state index is 5.41. The van der Waals surface area contributed by atoms with Gasteiger partial charge in [-0.25, -0.2) is 0 Å². The van der Waals surface area contributed by atoms with Crippen molar-refractivity contribution < 1.29 is 4.74 Å². The molecule has 0 spiro atoms. The van der Waals surface area contributed by atoms with Crippen LogP contribution < -0.4 is 4.74 Å². The Morgan fingerprint density at radius 2 is 2.00 bits per heavy atom. The molecular weight excluding hydrogens is 150 g/mol. The molecule has 0 fully saturated rings. The van der Waals surface area contributed by atoms with Crippen LogP contribution in [-0.2, 0) is 0 Å². The Labute approximate surface area is 71.9 Å². The van der Waals surface area contributed by atoms with Crippen molar-refractivity contribution in [3.8, 4) is 5.75 Å². The second-order valence-corrected chi connectivity index (χ2v) is 3.03. The highest BCUT2D eigenvalue weighted by Gasteiger charge is 2.07. The molecule has 1 heterocycles. The molecule has 0 radical (unpaired) electrons. The van der Waals surface area contributed by atoms with Gasteiger partial charge in [-0.2, -0.15) is 0 Å². The fourth-order valence-electron chi connectivity index (χ4n) is 1.25. The summed E-state index contributed by atoms with van der Waals surface area (Å²) in [5.41, 5.74) is 3.46. The van der Waals surface area contributed by atoms with Crippen LogP contribution in [0.1, 0.15) is 11.1 Å². The van der Waals surface area contributed by atoms with Gasteiger partial charge in [0.05, 0.1) is 0 Å². The van der Waals surface area contributed by atoms with E-state index in [1.165, 1.54) is 11.1 Å². The summed E-state index contributed by atoms with van der Waals surface area (Å²) in [6.45, 7) is 4.76. The first-order valence-corrected chi connectivity index (χ1v) is 4.04. The van der Waals surface area contributed by atoms with Crippen LogP contribution in [0.5, 0.6) is 5.75 Å². The normalized spacial score (nSPS) is 13.8. The molecule has 0 bridgehead atoms. The molecule has 1 aliphatic heterocycles. The molecule has 0 atom stereocenters. The van der Waals surface area contributed by atoms with Crippen molar-refractivity contribution in [2.75, 3.05) is 6.61 Å². The van der Waals surface area contributed by atoms with Crippen molar-refractivity contribution in [2.24, 2.45) is 4.99 Å². The first kappa shape index (κ1) is 7.35. The summed E-state index contributed by atoms with van der Waals surface area (Å²) in [5.74, 6) is 0.903. The summed E-state index contributed by atoms with van der Waals surface area (Å²) in [6, 6.07) is 4.10. The number of ether oxygens (including phenoxy) is 1. The SMILES string of the molecule is Cc1cc2c(cc1C)OCC=N2. The standard InChI is InChI=1S/C10H11NO/c1-7-5-9-10(6-8(7)2)12-4-3-11-9/h3,5-6H,4H2,1-2H3. The number of aliphatic imine (C=N–C) groups is 1. The van der Waals surface area contributed by atoms with E-state index in [1.54, 1.807) is 6.21 Å². The van der Waals surface area contributed by atoms with Crippen LogP contribution in [0.3, 0.4) is 0 Å². The molecule has 0 unspecified atom stereocenters. The minimum absolute atomic E-state index is 0.593. The second-order valence-electron chi connectivity index (χ2n) is 3.03. The molecule has 0 amide bonds. The molecule has 12 heavy (non-hydrogen) atoms. The Morgan fingerprint density at radius 1 is 1.25 bits per heavy atom. The maximum absolute atomic E-state index is 5.41. The Morgan fingerprint density at radius 3 is 2.83 bits per heavy atom. The van der Waals surface area contributed by atoms with E-state index in [2.05, 4.69) is 24.9 Å². The monoisotopic (exact) mass is 161 g/mol. The molecule has 2 nitrogen and oxygen atoms in total. The smallest absolute Gasteiger partial charge is 0.145 e. The van der Waals surface area contributed by atoms with Gasteiger partial charge >= 0.3 is 0 Å². The van der Waals surface area contributed by atoms with Crippen LogP contribution in [0.4, 0.5) is 5.69 Å². The molecule has 0 saturated heterocycles. The van der Waals surface area contributed by atoms with Gasteiger partial charge < -0.3 is 4.74 Å². The summed E-state index contributed by atoms with van der Waals surface area (Å²) in [4.78, 5) is 4.24. The number of benzene rings is 1. The quantitative estimate of drug-likeness (QED) is 0.572. The van der Waals surface area contributed by atoms with E-state index in [1.807, 2.05) is 6.07 Å². The highest BCUT2D eigenvalue weighted by molar-refractivity contribution is 5.71. The van der Waals surface area contributed by atoms with Gasteiger partial charge in [0.15, 0.2) is 0 Å².